The van der Waals surface area contributed by atoms with Gasteiger partial charge in [-0.3, -0.25) is 15.0 Å². The van der Waals surface area contributed by atoms with E-state index in [4.69, 9.17) is 5.73 Å². The quantitative estimate of drug-likeness (QED) is 0.724. The number of nitrogens with one attached hydrogen (secondary N) is 2. The number of benzene rings is 1. The van der Waals surface area contributed by atoms with E-state index < -0.39 is 11.9 Å². The van der Waals surface area contributed by atoms with Crippen LogP contribution in [0.25, 0.3) is 0 Å². The summed E-state index contributed by atoms with van der Waals surface area (Å²) >= 11 is 0. The van der Waals surface area contributed by atoms with Crippen LogP contribution in [0.3, 0.4) is 0 Å². The largest absolute Gasteiger partial charge is 0.368 e. The molecule has 5 heteroatoms. The number of amides is 2. The van der Waals surface area contributed by atoms with Crippen LogP contribution in [-0.2, 0) is 9.59 Å². The summed E-state index contributed by atoms with van der Waals surface area (Å²) in [6.07, 6.45) is 6.90. The van der Waals surface area contributed by atoms with Crippen molar-refractivity contribution in [1.29, 1.82) is 0 Å². The maximum atomic E-state index is 12.9. The Balaban J connectivity index is 1.45. The van der Waals surface area contributed by atoms with Crippen LogP contribution in [0, 0.1) is 23.2 Å². The highest BCUT2D eigenvalue weighted by Crippen LogP contribution is 2.60. The van der Waals surface area contributed by atoms with Gasteiger partial charge in [-0.05, 0) is 61.8 Å². The van der Waals surface area contributed by atoms with E-state index in [1.54, 1.807) is 0 Å². The second-order valence-electron chi connectivity index (χ2n) is 8.04. The number of primary amides is 1. The molecule has 5 nitrogen and oxygen atoms in total. The summed E-state index contributed by atoms with van der Waals surface area (Å²) in [7, 11) is 0. The molecule has 4 aliphatic carbocycles. The molecule has 0 saturated heterocycles. The van der Waals surface area contributed by atoms with Crippen LogP contribution in [0.15, 0.2) is 30.3 Å². The predicted octanol–water partition coefficient (Wildman–Crippen LogP) is 2.05. The second kappa shape index (κ2) is 5.88. The zero-order valence-electron chi connectivity index (χ0n) is 13.8. The van der Waals surface area contributed by atoms with Crippen molar-refractivity contribution >= 4 is 11.8 Å². The minimum atomic E-state index is -0.705. The molecule has 1 aromatic rings. The zero-order valence-corrected chi connectivity index (χ0v) is 13.8. The first kappa shape index (κ1) is 15.6. The lowest BCUT2D eigenvalue weighted by atomic mass is 9.49. The molecule has 1 aromatic carbocycles. The van der Waals surface area contributed by atoms with E-state index in [2.05, 4.69) is 10.9 Å². The fourth-order valence-corrected chi connectivity index (χ4v) is 5.62. The van der Waals surface area contributed by atoms with Gasteiger partial charge < -0.3 is 5.73 Å². The van der Waals surface area contributed by atoms with Crippen molar-refractivity contribution in [2.24, 2.45) is 28.9 Å². The van der Waals surface area contributed by atoms with Crippen molar-refractivity contribution in [3.8, 4) is 0 Å². The SMILES string of the molecule is NC(=O)C(NNC(=O)C12CC3CC(CC(C3)C1)C2)c1ccccc1. The van der Waals surface area contributed by atoms with Crippen molar-refractivity contribution < 1.29 is 9.59 Å². The summed E-state index contributed by atoms with van der Waals surface area (Å²) in [6.45, 7) is 0. The molecule has 128 valence electrons. The highest BCUT2D eigenvalue weighted by Gasteiger charge is 2.54. The van der Waals surface area contributed by atoms with Crippen LogP contribution in [0.2, 0.25) is 0 Å². The number of hydrazine groups is 1. The standard InChI is InChI=1S/C19H25N3O2/c20-17(23)16(15-4-2-1-3-5-15)21-22-18(24)19-9-12-6-13(10-19)8-14(7-12)11-19/h1-5,12-14,16,21H,6-11H2,(H2,20,23)(H,22,24). The van der Waals surface area contributed by atoms with Crippen molar-refractivity contribution in [3.05, 3.63) is 35.9 Å². The molecule has 4 fully saturated rings. The van der Waals surface area contributed by atoms with Crippen molar-refractivity contribution in [2.75, 3.05) is 0 Å². The van der Waals surface area contributed by atoms with E-state index in [0.29, 0.717) is 17.8 Å². The van der Waals surface area contributed by atoms with Gasteiger partial charge in [0.1, 0.15) is 6.04 Å². The van der Waals surface area contributed by atoms with Gasteiger partial charge in [0.05, 0.1) is 5.41 Å². The van der Waals surface area contributed by atoms with Gasteiger partial charge in [0.2, 0.25) is 11.8 Å². The third-order valence-electron chi connectivity index (χ3n) is 6.27. The average Bonchev–Trinajstić information content (AvgIpc) is 2.54. The van der Waals surface area contributed by atoms with Gasteiger partial charge in [0, 0.05) is 0 Å². The third kappa shape index (κ3) is 2.71. The number of carbonyl (C=O) groups excluding carboxylic acids is 2. The first-order chi connectivity index (χ1) is 11.6. The molecule has 4 N–H and O–H groups in total. The van der Waals surface area contributed by atoms with Gasteiger partial charge in [0.15, 0.2) is 0 Å². The Labute approximate surface area is 142 Å². The highest BCUT2D eigenvalue weighted by atomic mass is 16.2. The summed E-state index contributed by atoms with van der Waals surface area (Å²) in [4.78, 5) is 24.7. The molecule has 0 radical (unpaired) electrons. The minimum absolute atomic E-state index is 0.0452. The fourth-order valence-electron chi connectivity index (χ4n) is 5.62. The van der Waals surface area contributed by atoms with Crippen LogP contribution < -0.4 is 16.6 Å². The Kier molecular flexibility index (Phi) is 3.83. The molecular formula is C19H25N3O2. The fraction of sp³-hybridized carbons (Fsp3) is 0.579. The summed E-state index contributed by atoms with van der Waals surface area (Å²) in [6, 6.07) is 8.56. The van der Waals surface area contributed by atoms with E-state index in [-0.39, 0.29) is 11.3 Å². The number of hydrogen-bond donors (Lipinski definition) is 3. The second-order valence-corrected chi connectivity index (χ2v) is 8.04. The lowest BCUT2D eigenvalue weighted by Gasteiger charge is -2.55. The molecule has 4 bridgehead atoms. The number of rotatable bonds is 5. The maximum absolute atomic E-state index is 12.9. The minimum Gasteiger partial charge on any atom is -0.368 e. The molecule has 1 atom stereocenters. The Bertz CT molecular complexity index is 608. The van der Waals surface area contributed by atoms with Gasteiger partial charge in [-0.1, -0.05) is 30.3 Å². The molecule has 0 heterocycles. The lowest BCUT2D eigenvalue weighted by Crippen LogP contribution is -2.57. The first-order valence-corrected chi connectivity index (χ1v) is 8.96. The Morgan fingerprint density at radius 3 is 2.04 bits per heavy atom. The number of hydrogen-bond acceptors (Lipinski definition) is 3. The van der Waals surface area contributed by atoms with Crippen LogP contribution >= 0.6 is 0 Å². The number of carbonyl (C=O) groups is 2. The van der Waals surface area contributed by atoms with Crippen LogP contribution in [0.4, 0.5) is 0 Å². The van der Waals surface area contributed by atoms with E-state index in [1.165, 1.54) is 19.3 Å². The third-order valence-corrected chi connectivity index (χ3v) is 6.27. The van der Waals surface area contributed by atoms with Gasteiger partial charge in [-0.25, -0.2) is 5.43 Å². The zero-order chi connectivity index (χ0) is 16.7. The highest BCUT2D eigenvalue weighted by molar-refractivity contribution is 5.85. The van der Waals surface area contributed by atoms with Gasteiger partial charge >= 0.3 is 0 Å². The molecule has 24 heavy (non-hydrogen) atoms. The van der Waals surface area contributed by atoms with E-state index >= 15 is 0 Å². The van der Waals surface area contributed by atoms with Crippen molar-refractivity contribution in [1.82, 2.24) is 10.9 Å². The van der Waals surface area contributed by atoms with E-state index in [1.807, 2.05) is 30.3 Å². The molecule has 0 aliphatic heterocycles. The van der Waals surface area contributed by atoms with Crippen LogP contribution in [0.5, 0.6) is 0 Å². The Hall–Kier alpha value is -1.88. The first-order valence-electron chi connectivity index (χ1n) is 8.96. The van der Waals surface area contributed by atoms with Gasteiger partial charge in [-0.15, -0.1) is 0 Å². The Morgan fingerprint density at radius 1 is 1.00 bits per heavy atom. The van der Waals surface area contributed by atoms with Gasteiger partial charge in [-0.2, -0.15) is 0 Å². The summed E-state index contributed by atoms with van der Waals surface area (Å²) in [5, 5.41) is 0. The molecule has 5 rings (SSSR count). The van der Waals surface area contributed by atoms with Crippen LogP contribution in [0.1, 0.15) is 50.1 Å². The molecule has 1 unspecified atom stereocenters. The Morgan fingerprint density at radius 2 is 1.54 bits per heavy atom. The molecule has 0 aromatic heterocycles. The summed E-state index contributed by atoms with van der Waals surface area (Å²) in [5.74, 6) is 1.69. The normalized spacial score (nSPS) is 34.8. The lowest BCUT2D eigenvalue weighted by molar-refractivity contribution is -0.147. The van der Waals surface area contributed by atoms with Crippen molar-refractivity contribution in [2.45, 2.75) is 44.6 Å². The average molecular weight is 327 g/mol. The van der Waals surface area contributed by atoms with E-state index in [9.17, 15) is 9.59 Å². The molecular weight excluding hydrogens is 302 g/mol. The predicted molar refractivity (Wildman–Crippen MR) is 90.3 cm³/mol. The van der Waals surface area contributed by atoms with Crippen molar-refractivity contribution in [3.63, 3.8) is 0 Å². The van der Waals surface area contributed by atoms with Crippen LogP contribution in [-0.4, -0.2) is 11.8 Å². The van der Waals surface area contributed by atoms with Gasteiger partial charge in [0.25, 0.3) is 0 Å². The maximum Gasteiger partial charge on any atom is 0.240 e. The molecule has 0 spiro atoms. The smallest absolute Gasteiger partial charge is 0.240 e. The number of nitrogens with two attached hydrogens (primary N) is 1. The monoisotopic (exact) mass is 327 g/mol. The van der Waals surface area contributed by atoms with E-state index in [0.717, 1.165) is 24.8 Å². The summed E-state index contributed by atoms with van der Waals surface area (Å²) < 4.78 is 0. The molecule has 4 aliphatic rings. The molecule has 2 amide bonds. The topological polar surface area (TPSA) is 84.2 Å². The summed E-state index contributed by atoms with van der Waals surface area (Å²) in [5.41, 5.74) is 11.7. The molecule has 4 saturated carbocycles.